The van der Waals surface area contributed by atoms with Crippen LogP contribution < -0.4 is 20.5 Å². The normalized spacial score (nSPS) is 12.0. The van der Waals surface area contributed by atoms with Crippen LogP contribution in [0.5, 0.6) is 0 Å². The van der Waals surface area contributed by atoms with Gasteiger partial charge < -0.3 is 10.6 Å². The number of aromatic nitrogens is 6. The highest BCUT2D eigenvalue weighted by atomic mass is 16.5. The van der Waals surface area contributed by atoms with Crippen molar-refractivity contribution < 1.29 is 19.4 Å². The van der Waals surface area contributed by atoms with E-state index in [2.05, 4.69) is 74.0 Å². The van der Waals surface area contributed by atoms with Crippen molar-refractivity contribution in [1.82, 2.24) is 35.3 Å². The van der Waals surface area contributed by atoms with Crippen LogP contribution in [0.25, 0.3) is 49.7 Å². The van der Waals surface area contributed by atoms with E-state index in [0.717, 1.165) is 49.7 Å². The Bertz CT molecular complexity index is 2940. The maximum Gasteiger partial charge on any atom is 0.294 e. The van der Waals surface area contributed by atoms with Crippen molar-refractivity contribution in [3.05, 3.63) is 163 Å². The Labute approximate surface area is 344 Å². The second-order valence-electron chi connectivity index (χ2n) is 14.2. The van der Waals surface area contributed by atoms with Gasteiger partial charge in [0.25, 0.3) is 24.0 Å². The molecule has 0 spiro atoms. The van der Waals surface area contributed by atoms with Gasteiger partial charge in [-0.3, -0.25) is 30.1 Å². The molecule has 14 heteroatoms. The average molecular weight is 793 g/mol. The predicted molar refractivity (Wildman–Crippen MR) is 227 cm³/mol. The zero-order valence-electron chi connectivity index (χ0n) is 32.8. The minimum atomic E-state index is -0.559. The van der Waals surface area contributed by atoms with E-state index < -0.39 is 11.8 Å². The van der Waals surface area contributed by atoms with Gasteiger partial charge in [0.05, 0.1) is 28.1 Å². The molecule has 4 aromatic heterocycles. The molecule has 294 valence electrons. The molecule has 0 fully saturated rings. The van der Waals surface area contributed by atoms with Crippen molar-refractivity contribution in [2.75, 3.05) is 17.7 Å². The van der Waals surface area contributed by atoms with Crippen LogP contribution >= 0.6 is 0 Å². The van der Waals surface area contributed by atoms with Gasteiger partial charge in [-0.1, -0.05) is 54.6 Å². The smallest absolute Gasteiger partial charge is 0.294 e. The van der Waals surface area contributed by atoms with Gasteiger partial charge in [-0.2, -0.15) is 9.83 Å². The third kappa shape index (κ3) is 8.01. The van der Waals surface area contributed by atoms with Crippen molar-refractivity contribution in [2.24, 2.45) is 0 Å². The molecular formula is C46H38N11O3+. The molecule has 0 aliphatic heterocycles. The van der Waals surface area contributed by atoms with Gasteiger partial charge in [-0.15, -0.1) is 0 Å². The molecule has 0 bridgehead atoms. The summed E-state index contributed by atoms with van der Waals surface area (Å²) in [5, 5.41) is 30.1. The third-order valence-corrected chi connectivity index (χ3v) is 10.2. The first-order chi connectivity index (χ1) is 29.2. The van der Waals surface area contributed by atoms with Gasteiger partial charge in [-0.25, -0.2) is 15.0 Å². The first-order valence-corrected chi connectivity index (χ1v) is 19.0. The van der Waals surface area contributed by atoms with E-state index in [1.165, 1.54) is 25.8 Å². The molecule has 4 aromatic carbocycles. The van der Waals surface area contributed by atoms with E-state index in [1.54, 1.807) is 37.0 Å². The summed E-state index contributed by atoms with van der Waals surface area (Å²) < 4.78 is 2.03. The monoisotopic (exact) mass is 792 g/mol. The molecule has 4 heterocycles. The maximum atomic E-state index is 12.4. The molecule has 0 radical (unpaired) electrons. The fraction of sp³-hybridized carbons (Fsp3) is 0.109. The summed E-state index contributed by atoms with van der Waals surface area (Å²) >= 11 is 0. The van der Waals surface area contributed by atoms with E-state index in [-0.39, 0.29) is 23.2 Å². The van der Waals surface area contributed by atoms with Crippen LogP contribution in [0, 0.1) is 11.5 Å². The Morgan fingerprint density at radius 2 is 1.32 bits per heavy atom. The molecule has 0 unspecified atom stereocenters. The maximum absolute atomic E-state index is 12.4. The molecule has 14 nitrogen and oxygen atoms in total. The third-order valence-electron chi connectivity index (χ3n) is 10.2. The molecular weight excluding hydrogens is 755 g/mol. The molecule has 0 saturated heterocycles. The summed E-state index contributed by atoms with van der Waals surface area (Å²) in [6.45, 7) is 4.15. The number of nitriles is 1. The first-order valence-electron chi connectivity index (χ1n) is 19.0. The summed E-state index contributed by atoms with van der Waals surface area (Å²) in [5.41, 5.74) is 8.28. The van der Waals surface area contributed by atoms with E-state index in [9.17, 15) is 14.8 Å². The number of benzene rings is 4. The van der Waals surface area contributed by atoms with Crippen molar-refractivity contribution in [1.29, 1.82) is 5.26 Å². The Balaban J connectivity index is 1.10. The second kappa shape index (κ2) is 16.8. The number of carbonyl (C=O) groups is 2. The molecule has 0 aliphatic carbocycles. The standard InChI is InChI=1S/C46H37N11O3/c1-28(30-7-5-4-6-8-30)55-44-40-20-33(34-17-36(23-48-21-34)45(58)50-25-47)12-16-42(40)57(27-53-44)38-13-9-31(10-14-38)29(2)54-43-39-19-32(11-15-41(39)51-26-52-43)35-18-37(24-49-22-35)46(59)56(3)60/h4-24,26-29,60H,1-3H3,(H2,50,51,52,54,58)/p+1/t28-,29-/m1/s1. The Morgan fingerprint density at radius 1 is 0.700 bits per heavy atom. The number of anilines is 2. The van der Waals surface area contributed by atoms with E-state index in [4.69, 9.17) is 10.2 Å². The zero-order valence-corrected chi connectivity index (χ0v) is 32.8. The number of hydroxylamine groups is 2. The lowest BCUT2D eigenvalue weighted by Crippen LogP contribution is -2.32. The lowest BCUT2D eigenvalue weighted by molar-refractivity contribution is -0.570. The van der Waals surface area contributed by atoms with Crippen molar-refractivity contribution in [3.8, 4) is 34.1 Å². The molecule has 2 amide bonds. The second-order valence-corrected chi connectivity index (χ2v) is 14.2. The molecule has 2 atom stereocenters. The van der Waals surface area contributed by atoms with Gasteiger partial charge in [-0.05, 0) is 89.6 Å². The minimum absolute atomic E-state index is 0.0408. The van der Waals surface area contributed by atoms with Crippen molar-refractivity contribution >= 4 is 45.3 Å². The fourth-order valence-electron chi connectivity index (χ4n) is 7.02. The van der Waals surface area contributed by atoms with E-state index in [1.807, 2.05) is 71.3 Å². The quantitative estimate of drug-likeness (QED) is 0.0332. The minimum Gasteiger partial charge on any atom is -0.363 e. The number of fused-ring (bicyclic) bond motifs is 2. The highest BCUT2D eigenvalue weighted by Crippen LogP contribution is 2.31. The van der Waals surface area contributed by atoms with Crippen LogP contribution in [0.15, 0.2) is 141 Å². The van der Waals surface area contributed by atoms with Gasteiger partial charge in [0.2, 0.25) is 0 Å². The van der Waals surface area contributed by atoms with Crippen molar-refractivity contribution in [2.45, 2.75) is 25.9 Å². The molecule has 4 N–H and O–H groups in total. The van der Waals surface area contributed by atoms with Crippen LogP contribution in [0.3, 0.4) is 0 Å². The lowest BCUT2D eigenvalue weighted by atomic mass is 10.0. The largest absolute Gasteiger partial charge is 0.363 e. The molecule has 8 aromatic rings. The summed E-state index contributed by atoms with van der Waals surface area (Å²) in [4.78, 5) is 47.3. The molecule has 60 heavy (non-hydrogen) atoms. The molecule has 0 saturated carbocycles. The van der Waals surface area contributed by atoms with E-state index in [0.29, 0.717) is 27.8 Å². The number of nitrogens with zero attached hydrogens (tertiary/aromatic N) is 8. The zero-order chi connectivity index (χ0) is 41.8. The summed E-state index contributed by atoms with van der Waals surface area (Å²) in [5.74, 6) is 0.252. The predicted octanol–water partition coefficient (Wildman–Crippen LogP) is 7.60. The SMILES string of the molecule is C[C@@H](Nc1ncnc2ccc(-c3cncc(C(=O)N(C)O)c3)cc12)c1ccc(-[n+]2cnc(N[C@H](C)c3ccccc3)c3cc(-c4cncc(C(=O)NC#N)c4)ccc32)cc1. The highest BCUT2D eigenvalue weighted by molar-refractivity contribution is 5.97. The number of rotatable bonds is 11. The van der Waals surface area contributed by atoms with Gasteiger partial charge >= 0.3 is 0 Å². The molecule has 0 aliphatic rings. The fourth-order valence-corrected chi connectivity index (χ4v) is 7.02. The number of nitrogens with one attached hydrogen (secondary N) is 3. The lowest BCUT2D eigenvalue weighted by Gasteiger charge is -2.17. The highest BCUT2D eigenvalue weighted by Gasteiger charge is 2.21. The number of pyridine rings is 2. The average Bonchev–Trinajstić information content (AvgIpc) is 3.29. The van der Waals surface area contributed by atoms with Gasteiger partial charge in [0.15, 0.2) is 6.19 Å². The number of hydrogen-bond acceptors (Lipinski definition) is 11. The summed E-state index contributed by atoms with van der Waals surface area (Å²) in [6, 6.07) is 33.4. The van der Waals surface area contributed by atoms with Crippen LogP contribution in [0.4, 0.5) is 11.6 Å². The number of carbonyl (C=O) groups excluding carboxylic acids is 2. The van der Waals surface area contributed by atoms with Crippen LogP contribution in [-0.4, -0.2) is 54.1 Å². The number of amides is 2. The van der Waals surface area contributed by atoms with Crippen LogP contribution in [0.1, 0.15) is 57.8 Å². The molecule has 8 rings (SSSR count). The Morgan fingerprint density at radius 3 is 2.00 bits per heavy atom. The summed E-state index contributed by atoms with van der Waals surface area (Å²) in [7, 11) is 1.28. The summed E-state index contributed by atoms with van der Waals surface area (Å²) in [6.07, 6.45) is 11.2. The van der Waals surface area contributed by atoms with Gasteiger partial charge in [0, 0.05) is 54.4 Å². The van der Waals surface area contributed by atoms with Crippen molar-refractivity contribution in [3.63, 3.8) is 0 Å². The Kier molecular flexibility index (Phi) is 10.8. The number of hydrogen-bond donors (Lipinski definition) is 4. The van der Waals surface area contributed by atoms with Crippen LogP contribution in [-0.2, 0) is 0 Å². The van der Waals surface area contributed by atoms with Crippen LogP contribution in [0.2, 0.25) is 0 Å². The van der Waals surface area contributed by atoms with Gasteiger partial charge in [0.1, 0.15) is 23.3 Å². The first kappa shape index (κ1) is 38.7. The Hall–Kier alpha value is -8.15. The topological polar surface area (TPSA) is 186 Å². The van der Waals surface area contributed by atoms with E-state index >= 15 is 0 Å².